The van der Waals surface area contributed by atoms with E-state index < -0.39 is 176 Å². The Morgan fingerprint density at radius 3 is 1.13 bits per heavy atom. The molecule has 780 valence electrons. The number of likely N-dealkylation sites (N-methyl/N-ethyl adjacent to an activating group) is 2. The molecule has 12 atom stereocenters. The average molecular weight is 2290 g/mol. The molecule has 0 bridgehead atoms. The molecule has 147 heavy (non-hydrogen) atoms. The van der Waals surface area contributed by atoms with Gasteiger partial charge in [0.15, 0.2) is 9.79 Å². The van der Waals surface area contributed by atoms with Crippen LogP contribution in [0.1, 0.15) is 186 Å². The summed E-state index contributed by atoms with van der Waals surface area (Å²) in [6.07, 6.45) is 1.51. The molecular weight excluding hydrogens is 2190 g/mol. The van der Waals surface area contributed by atoms with Crippen LogP contribution in [-0.2, 0) is 29.6 Å². The fourth-order valence-corrected chi connectivity index (χ4v) is 20.3. The second-order valence-corrected chi connectivity index (χ2v) is 41.0. The van der Waals surface area contributed by atoms with Gasteiger partial charge in [-0.2, -0.15) is 18.2 Å². The summed E-state index contributed by atoms with van der Waals surface area (Å²) in [5, 5.41) is 65.8. The maximum atomic E-state index is 15.6. The predicted molar refractivity (Wildman–Crippen MR) is 541 cm³/mol. The minimum absolute atomic E-state index is 0. The number of alkyl halides is 3. The van der Waals surface area contributed by atoms with E-state index in [-0.39, 0.29) is 119 Å². The van der Waals surface area contributed by atoms with E-state index in [0.717, 1.165) is 93.7 Å². The summed E-state index contributed by atoms with van der Waals surface area (Å²) in [6, 6.07) is 40.2. The lowest BCUT2D eigenvalue weighted by Gasteiger charge is -2.28. The number of hydrogen-bond donors (Lipinski definition) is 11. The number of thiol groups is 1. The molecule has 3 aliphatic carbocycles. The zero-order valence-electron chi connectivity index (χ0n) is 77.4. The second-order valence-electron chi connectivity index (χ2n) is 33.8. The van der Waals surface area contributed by atoms with Crippen molar-refractivity contribution < 1.29 is 111 Å². The molecular formula is C99H100Br3F9N16O17S3. The molecule has 12 aromatic rings. The smallest absolute Gasteiger partial charge is 0.373 e. The molecule has 9 aromatic carbocycles. The van der Waals surface area contributed by atoms with Gasteiger partial charge >= 0.3 is 12.1 Å². The highest BCUT2D eigenvalue weighted by molar-refractivity contribution is 9.11. The van der Waals surface area contributed by atoms with Gasteiger partial charge in [0, 0.05) is 98.1 Å². The van der Waals surface area contributed by atoms with E-state index in [1.54, 1.807) is 12.1 Å². The Kier molecular flexibility index (Phi) is 42.9. The maximum absolute atomic E-state index is 15.6. The standard InChI is InChI=1S/C32H30BrF3N6O6S.C27H28BrF3N4O2.C17H17F2N3O3.C15H15BrFN3O4S.C6H6S.CO2.CH4/c1-41(49(47,48)29-5-3-2-4-27(29)42(45)46)16-26(19-10-20(33)14-21(34)11-19)40-32(44)22-8-6-18(13-23(22)35)30-31(37)38-15-25(39-30)17-7-9-28(43)24(36)12-17;1-2-3-22(16-8-17(28)12-18(29)9-16)35-27(37)19-6-4-15(11-20(19)30)25-26(32)33-13-23(34-25)14-5-7-24(36)21(31)10-14;18-11-6-9(1-3-10(11)17(24)25)15-16(20)21-7-13(22-15)8-2-4-14(23)12(19)5-8;1-19(9-13(18)10-6-11(16)8-12(17)7-10)25(23,24)15-5-3-2-4-14(15)20(21)22;7-6-4-2-1-3-5-6;2-1-3;/h2-6,8,10-11,13-15,17,24,26,28,43H,7,9,12,16H2,1H3,(H2,37,38)(H,40,44);4,6,8-9,11-14,21-22,24,36H,2-3,5,7,10H2,1H3,(H2,32,33)(H,35,37);1,3,6-8,12,14,23H,2,4-5H2,(H2,20,21)(H,24,25);2-8,13H,9,18H2,1H3;1-5,7H;;1H4/t17-,24-,26+,28-;14-,21-,22+,24-;8-,12-,14-;13-;;;/m0001.../s1. The van der Waals surface area contributed by atoms with Crippen LogP contribution in [0.15, 0.2) is 235 Å². The van der Waals surface area contributed by atoms with Crippen molar-refractivity contribution in [3.63, 3.8) is 0 Å². The molecule has 0 unspecified atom stereocenters. The minimum Gasteiger partial charge on any atom is -0.478 e. The molecule has 14 N–H and O–H groups in total. The van der Waals surface area contributed by atoms with Crippen molar-refractivity contribution >= 4 is 133 Å². The summed E-state index contributed by atoms with van der Waals surface area (Å²) in [7, 11) is -6.23. The Morgan fingerprint density at radius 1 is 0.490 bits per heavy atom. The minimum atomic E-state index is -4.50. The Labute approximate surface area is 868 Å². The SMILES string of the molecule is C.CCC[C@@H](NC(=O)c1ccc(-c2nc([C@H]3CC[C@H](O)[C@@H](F)C3)cnc2N)cc1F)c1cc(F)cc(Br)c1.CN(C[C@@H](N)c1cc(F)cc(Br)c1)S(=O)(=O)c1ccccc1[N+](=O)[O-].CN(C[C@@H](NC(=O)c1ccc(-c2nc([C@H]3CC[C@H](O)[C@@H](F)C3)cnc2N)cc1F)c1cc(F)cc(Br)c1)S(=O)(=O)c1ccccc1[N+](=O)[O-].Nc1ncc([C@H]2CC[C@H](O)[C@@H](F)C2)nc1-c1ccc(C(=O)O)c(F)c1.O=C=O.Sc1ccccc1. The number of para-hydroxylation sites is 2. The average Bonchev–Trinajstić information content (AvgIpc) is 0.801. The van der Waals surface area contributed by atoms with Gasteiger partial charge in [-0.05, 0) is 196 Å². The number of nitro benzene ring substituents is 2. The van der Waals surface area contributed by atoms with Crippen LogP contribution in [-0.4, -0.2) is 174 Å². The van der Waals surface area contributed by atoms with E-state index >= 15 is 8.78 Å². The van der Waals surface area contributed by atoms with Crippen molar-refractivity contribution in [1.29, 1.82) is 0 Å². The summed E-state index contributed by atoms with van der Waals surface area (Å²) >= 11 is 13.7. The molecule has 0 spiro atoms. The number of carbonyl (C=O) groups excluding carboxylic acids is 4. The number of nitrogens with two attached hydrogens (primary N) is 4. The van der Waals surface area contributed by atoms with Crippen LogP contribution in [0, 0.1) is 55.1 Å². The van der Waals surface area contributed by atoms with Crippen molar-refractivity contribution in [2.75, 3.05) is 44.4 Å². The normalized spacial score (nSPS) is 18.0. The number of aromatic nitrogens is 6. The summed E-state index contributed by atoms with van der Waals surface area (Å²) in [5.41, 5.74) is 25.5. The van der Waals surface area contributed by atoms with Gasteiger partial charge in [-0.15, -0.1) is 12.6 Å². The van der Waals surface area contributed by atoms with Gasteiger partial charge in [0.25, 0.3) is 23.2 Å². The van der Waals surface area contributed by atoms with Crippen LogP contribution in [0.2, 0.25) is 0 Å². The van der Waals surface area contributed by atoms with Gasteiger partial charge in [0.2, 0.25) is 20.0 Å². The lowest BCUT2D eigenvalue weighted by atomic mass is 9.84. The Hall–Kier alpha value is -13.0. The molecule has 33 nitrogen and oxygen atoms in total. The van der Waals surface area contributed by atoms with E-state index in [1.165, 1.54) is 105 Å². The molecule has 15 rings (SSSR count). The number of aliphatic hydroxyl groups is 3. The molecule has 48 heteroatoms. The maximum Gasteiger partial charge on any atom is 0.373 e. The van der Waals surface area contributed by atoms with Gasteiger partial charge < -0.3 is 54.0 Å². The van der Waals surface area contributed by atoms with Gasteiger partial charge in [-0.1, -0.05) is 129 Å². The predicted octanol–water partition coefficient (Wildman–Crippen LogP) is 18.8. The number of nitrogen functional groups attached to an aromatic ring is 3. The lowest BCUT2D eigenvalue weighted by Crippen LogP contribution is -2.39. The van der Waals surface area contributed by atoms with Crippen molar-refractivity contribution in [3.05, 3.63) is 326 Å². The fourth-order valence-electron chi connectivity index (χ4n) is 16.0. The molecule has 3 aliphatic rings. The molecule has 0 saturated heterocycles. The molecule has 0 radical (unpaired) electrons. The van der Waals surface area contributed by atoms with Gasteiger partial charge in [-0.25, -0.2) is 91.0 Å². The van der Waals surface area contributed by atoms with E-state index in [1.807, 2.05) is 37.3 Å². The first-order chi connectivity index (χ1) is 69.1. The topological polar surface area (TPSA) is 533 Å². The number of amides is 2. The van der Waals surface area contributed by atoms with E-state index in [4.69, 9.17) is 37.6 Å². The highest BCUT2D eigenvalue weighted by Crippen LogP contribution is 2.41. The number of carbonyl (C=O) groups is 3. The number of anilines is 3. The summed E-state index contributed by atoms with van der Waals surface area (Å²) in [5.74, 6) is -8.00. The number of carboxylic acids is 1. The van der Waals surface area contributed by atoms with Crippen LogP contribution in [0.3, 0.4) is 0 Å². The third-order valence-electron chi connectivity index (χ3n) is 23.6. The number of halogens is 12. The largest absolute Gasteiger partial charge is 0.478 e. The first kappa shape index (κ1) is 118. The zero-order chi connectivity index (χ0) is 107. The second kappa shape index (κ2) is 53.6. The quantitative estimate of drug-likeness (QED) is 0.0104. The summed E-state index contributed by atoms with van der Waals surface area (Å²) in [6.45, 7) is 1.24. The third kappa shape index (κ3) is 31.6. The highest BCUT2D eigenvalue weighted by Gasteiger charge is 2.38. The van der Waals surface area contributed by atoms with Gasteiger partial charge in [-0.3, -0.25) is 29.8 Å². The first-order valence-corrected chi connectivity index (χ1v) is 50.2. The van der Waals surface area contributed by atoms with Crippen LogP contribution in [0.5, 0.6) is 0 Å². The number of hydrogen-bond acceptors (Lipinski definition) is 27. The Bertz CT molecular complexity index is 6940. The van der Waals surface area contributed by atoms with Crippen LogP contribution < -0.4 is 33.6 Å². The number of aromatic carboxylic acids is 1. The molecule has 3 aromatic heterocycles. The molecule has 2 amide bonds. The van der Waals surface area contributed by atoms with Crippen molar-refractivity contribution in [3.8, 4) is 33.8 Å². The fraction of sp³-hybridized carbons (Fsp3) is 0.293. The number of nitrogens with one attached hydrogen (secondary N) is 2. The van der Waals surface area contributed by atoms with Crippen LogP contribution in [0.4, 0.5) is 68.3 Å². The first-order valence-electron chi connectivity index (χ1n) is 44.5. The number of sulfonamides is 2. The monoisotopic (exact) mass is 2290 g/mol. The molecule has 3 saturated carbocycles. The van der Waals surface area contributed by atoms with E-state index in [2.05, 4.69) is 101 Å². The number of aliphatic hydroxyl groups excluding tert-OH is 3. The van der Waals surface area contributed by atoms with Crippen molar-refractivity contribution in [2.24, 2.45) is 5.73 Å². The lowest BCUT2D eigenvalue weighted by molar-refractivity contribution is -0.388. The zero-order valence-corrected chi connectivity index (χ0v) is 84.7. The van der Waals surface area contributed by atoms with Crippen molar-refractivity contribution in [1.82, 2.24) is 49.1 Å². The summed E-state index contributed by atoms with van der Waals surface area (Å²) < 4.78 is 184. The number of nitrogens with zero attached hydrogens (tertiary/aromatic N) is 10. The molecule has 0 aliphatic heterocycles. The van der Waals surface area contributed by atoms with Gasteiger partial charge in [0.05, 0.1) is 92.6 Å². The van der Waals surface area contributed by atoms with Crippen molar-refractivity contribution in [2.45, 2.75) is 172 Å². The number of carboxylic acid groups (broad SMARTS) is 1. The number of nitro groups is 2. The number of rotatable bonds is 26. The van der Waals surface area contributed by atoms with E-state index in [0.29, 0.717) is 86.8 Å². The number of benzene rings is 9. The Morgan fingerprint density at radius 2 is 0.810 bits per heavy atom. The third-order valence-corrected chi connectivity index (χ3v) is 29.0. The molecule has 3 fully saturated rings. The molecule has 3 heterocycles. The van der Waals surface area contributed by atoms with Gasteiger partial charge in [0.1, 0.15) is 88.0 Å². The van der Waals surface area contributed by atoms with Crippen LogP contribution >= 0.6 is 60.4 Å². The summed E-state index contributed by atoms with van der Waals surface area (Å²) in [4.78, 5) is 100. The highest BCUT2D eigenvalue weighted by atomic mass is 79.9. The van der Waals surface area contributed by atoms with Crippen LogP contribution in [0.25, 0.3) is 33.8 Å². The Balaban J connectivity index is 0.000000217. The van der Waals surface area contributed by atoms with E-state index in [9.17, 15) is 97.5 Å².